The van der Waals surface area contributed by atoms with Crippen molar-refractivity contribution in [1.82, 2.24) is 0 Å². The van der Waals surface area contributed by atoms with Gasteiger partial charge in [0.15, 0.2) is 0 Å². The van der Waals surface area contributed by atoms with Gasteiger partial charge in [0.2, 0.25) is 0 Å². The third-order valence-electron chi connectivity index (χ3n) is 2.62. The highest BCUT2D eigenvalue weighted by Crippen LogP contribution is 2.13. The number of nitrogens with zero attached hydrogens (tertiary/aromatic N) is 1. The number of hydrogen-bond acceptors (Lipinski definition) is 3. The Balaban J connectivity index is 2.24. The van der Waals surface area contributed by atoms with Crippen LogP contribution in [-0.2, 0) is 11.3 Å². The van der Waals surface area contributed by atoms with Crippen molar-refractivity contribution in [2.75, 3.05) is 7.11 Å². The average Bonchev–Trinajstić information content (AvgIpc) is 2.40. The molecular formula is C15H15NO2. The van der Waals surface area contributed by atoms with Crippen molar-refractivity contribution in [1.29, 1.82) is 0 Å². The van der Waals surface area contributed by atoms with Crippen molar-refractivity contribution in [2.24, 2.45) is 5.16 Å². The summed E-state index contributed by atoms with van der Waals surface area (Å²) in [5.41, 5.74) is 2.95. The molecule has 0 aromatic heterocycles. The van der Waals surface area contributed by atoms with Gasteiger partial charge in [-0.3, -0.25) is 0 Å². The topological polar surface area (TPSA) is 41.8 Å². The summed E-state index contributed by atoms with van der Waals surface area (Å²) in [4.78, 5) is 4.89. The number of aromatic hydroxyl groups is 1. The van der Waals surface area contributed by atoms with Gasteiger partial charge in [0.25, 0.3) is 0 Å². The lowest BCUT2D eigenvalue weighted by Gasteiger charge is -2.06. The van der Waals surface area contributed by atoms with Crippen molar-refractivity contribution >= 4 is 5.71 Å². The van der Waals surface area contributed by atoms with Gasteiger partial charge >= 0.3 is 0 Å². The van der Waals surface area contributed by atoms with Crippen molar-refractivity contribution in [2.45, 2.75) is 6.42 Å². The lowest BCUT2D eigenvalue weighted by molar-refractivity contribution is 0.213. The summed E-state index contributed by atoms with van der Waals surface area (Å²) in [6.07, 6.45) is 0.694. The third-order valence-corrected chi connectivity index (χ3v) is 2.62. The minimum atomic E-state index is 0.246. The number of hydrogen-bond donors (Lipinski definition) is 1. The van der Waals surface area contributed by atoms with Crippen LogP contribution in [0.1, 0.15) is 11.1 Å². The summed E-state index contributed by atoms with van der Waals surface area (Å²) in [5, 5.41) is 13.3. The van der Waals surface area contributed by atoms with Crippen LogP contribution in [0, 0.1) is 0 Å². The van der Waals surface area contributed by atoms with E-state index in [-0.39, 0.29) is 5.75 Å². The second-order valence-corrected chi connectivity index (χ2v) is 3.93. The normalized spacial score (nSPS) is 11.3. The quantitative estimate of drug-likeness (QED) is 0.660. The van der Waals surface area contributed by atoms with E-state index >= 15 is 0 Å². The number of phenols is 1. The molecule has 2 rings (SSSR count). The van der Waals surface area contributed by atoms with Gasteiger partial charge in [0.05, 0.1) is 5.71 Å². The van der Waals surface area contributed by atoms with Crippen LogP contribution in [0.25, 0.3) is 0 Å². The summed E-state index contributed by atoms with van der Waals surface area (Å²) in [7, 11) is 1.53. The molecule has 2 aromatic carbocycles. The number of oxime groups is 1. The molecule has 0 aliphatic rings. The Morgan fingerprint density at radius 1 is 1.06 bits per heavy atom. The summed E-state index contributed by atoms with van der Waals surface area (Å²) < 4.78 is 0. The predicted molar refractivity (Wildman–Crippen MR) is 71.8 cm³/mol. The van der Waals surface area contributed by atoms with Gasteiger partial charge in [-0.15, -0.1) is 0 Å². The molecule has 0 spiro atoms. The fraction of sp³-hybridized carbons (Fsp3) is 0.133. The van der Waals surface area contributed by atoms with Crippen molar-refractivity contribution < 1.29 is 9.94 Å². The highest BCUT2D eigenvalue weighted by molar-refractivity contribution is 6.01. The average molecular weight is 241 g/mol. The number of rotatable bonds is 4. The van der Waals surface area contributed by atoms with E-state index < -0.39 is 0 Å². The van der Waals surface area contributed by atoms with Crippen LogP contribution in [0.4, 0.5) is 0 Å². The Labute approximate surface area is 106 Å². The predicted octanol–water partition coefficient (Wildman–Crippen LogP) is 2.99. The van der Waals surface area contributed by atoms with Crippen molar-refractivity contribution in [3.8, 4) is 5.75 Å². The van der Waals surface area contributed by atoms with Crippen LogP contribution in [0.15, 0.2) is 59.8 Å². The molecule has 0 atom stereocenters. The molecule has 0 heterocycles. The van der Waals surface area contributed by atoms with Gasteiger partial charge in [0.1, 0.15) is 12.9 Å². The second kappa shape index (κ2) is 5.87. The number of benzene rings is 2. The first kappa shape index (κ1) is 12.2. The van der Waals surface area contributed by atoms with Gasteiger partial charge in [-0.1, -0.05) is 35.5 Å². The Bertz CT molecular complexity index is 518. The smallest absolute Gasteiger partial charge is 0.115 e. The van der Waals surface area contributed by atoms with Gasteiger partial charge in [-0.05, 0) is 35.4 Å². The number of phenolic OH excluding ortho intramolecular Hbond substituents is 1. The van der Waals surface area contributed by atoms with Crippen LogP contribution >= 0.6 is 0 Å². The molecule has 0 radical (unpaired) electrons. The molecular weight excluding hydrogens is 226 g/mol. The maximum Gasteiger partial charge on any atom is 0.115 e. The van der Waals surface area contributed by atoms with Crippen LogP contribution in [-0.4, -0.2) is 17.9 Å². The zero-order chi connectivity index (χ0) is 12.8. The standard InChI is InChI=1S/C15H15NO2/c1-18-16-15(11-12-5-3-2-4-6-12)13-7-9-14(17)10-8-13/h2-10,17H,11H2,1H3/b16-15-. The van der Waals surface area contributed by atoms with Gasteiger partial charge in [0, 0.05) is 6.42 Å². The molecule has 3 nitrogen and oxygen atoms in total. The van der Waals surface area contributed by atoms with E-state index in [2.05, 4.69) is 5.16 Å². The van der Waals surface area contributed by atoms with Crippen LogP contribution in [0.5, 0.6) is 5.75 Å². The Morgan fingerprint density at radius 2 is 1.72 bits per heavy atom. The minimum absolute atomic E-state index is 0.246. The minimum Gasteiger partial charge on any atom is -0.508 e. The molecule has 0 aliphatic carbocycles. The van der Waals surface area contributed by atoms with E-state index in [0.29, 0.717) is 6.42 Å². The molecule has 0 saturated carbocycles. The van der Waals surface area contributed by atoms with E-state index in [0.717, 1.165) is 11.3 Å². The highest BCUT2D eigenvalue weighted by atomic mass is 16.6. The van der Waals surface area contributed by atoms with Crippen molar-refractivity contribution in [3.05, 3.63) is 65.7 Å². The summed E-state index contributed by atoms with van der Waals surface area (Å²) in [6, 6.07) is 17.0. The first-order chi connectivity index (χ1) is 8.79. The van der Waals surface area contributed by atoms with Crippen LogP contribution in [0.3, 0.4) is 0 Å². The molecule has 1 N–H and O–H groups in total. The third kappa shape index (κ3) is 3.10. The lowest BCUT2D eigenvalue weighted by atomic mass is 10.0. The Hall–Kier alpha value is -2.29. The second-order valence-electron chi connectivity index (χ2n) is 3.93. The largest absolute Gasteiger partial charge is 0.508 e. The zero-order valence-electron chi connectivity index (χ0n) is 10.2. The monoisotopic (exact) mass is 241 g/mol. The Kier molecular flexibility index (Phi) is 3.97. The molecule has 0 unspecified atom stereocenters. The Morgan fingerprint density at radius 3 is 2.33 bits per heavy atom. The molecule has 18 heavy (non-hydrogen) atoms. The molecule has 0 fully saturated rings. The van der Waals surface area contributed by atoms with E-state index in [9.17, 15) is 5.11 Å². The maximum atomic E-state index is 9.29. The van der Waals surface area contributed by atoms with Crippen LogP contribution < -0.4 is 0 Å². The molecule has 2 aromatic rings. The molecule has 0 amide bonds. The first-order valence-electron chi connectivity index (χ1n) is 5.73. The van der Waals surface area contributed by atoms with Gasteiger partial charge in [-0.2, -0.15) is 0 Å². The van der Waals surface area contributed by atoms with E-state index in [1.165, 1.54) is 12.7 Å². The SMILES string of the molecule is CO/N=C(/Cc1ccccc1)c1ccc(O)cc1. The molecule has 0 aliphatic heterocycles. The summed E-state index contributed by atoms with van der Waals surface area (Å²) >= 11 is 0. The molecule has 0 saturated heterocycles. The summed E-state index contributed by atoms with van der Waals surface area (Å²) in [6.45, 7) is 0. The zero-order valence-corrected chi connectivity index (χ0v) is 10.2. The molecule has 92 valence electrons. The fourth-order valence-electron chi connectivity index (χ4n) is 1.74. The first-order valence-corrected chi connectivity index (χ1v) is 5.73. The van der Waals surface area contributed by atoms with E-state index in [1.807, 2.05) is 42.5 Å². The summed E-state index contributed by atoms with van der Waals surface area (Å²) in [5.74, 6) is 0.246. The molecule has 3 heteroatoms. The lowest BCUT2D eigenvalue weighted by Crippen LogP contribution is -2.05. The van der Waals surface area contributed by atoms with Gasteiger partial charge in [-0.25, -0.2) is 0 Å². The van der Waals surface area contributed by atoms with E-state index in [4.69, 9.17) is 4.84 Å². The van der Waals surface area contributed by atoms with E-state index in [1.54, 1.807) is 12.1 Å². The maximum absolute atomic E-state index is 9.29. The van der Waals surface area contributed by atoms with Crippen LogP contribution in [0.2, 0.25) is 0 Å². The van der Waals surface area contributed by atoms with Gasteiger partial charge < -0.3 is 9.94 Å². The van der Waals surface area contributed by atoms with Crippen molar-refractivity contribution in [3.63, 3.8) is 0 Å². The highest BCUT2D eigenvalue weighted by Gasteiger charge is 2.06. The fourth-order valence-corrected chi connectivity index (χ4v) is 1.74. The molecule has 0 bridgehead atoms.